The summed E-state index contributed by atoms with van der Waals surface area (Å²) in [7, 11) is -3.77. The quantitative estimate of drug-likeness (QED) is 0.480. The molecule has 0 bridgehead atoms. The summed E-state index contributed by atoms with van der Waals surface area (Å²) >= 11 is 5.70. The van der Waals surface area contributed by atoms with Crippen LogP contribution in [0.1, 0.15) is 12.8 Å². The topological polar surface area (TPSA) is 72.2 Å². The van der Waals surface area contributed by atoms with Gasteiger partial charge in [-0.15, -0.1) is 6.58 Å². The highest BCUT2D eigenvalue weighted by atomic mass is 35.5. The molecule has 0 radical (unpaired) electrons. The molecule has 0 atom stereocenters. The molecule has 0 unspecified atom stereocenters. The Bertz CT molecular complexity index is 546. The number of halogens is 2. The Labute approximate surface area is 111 Å². The maximum Gasteiger partial charge on any atom is 0.242 e. The summed E-state index contributed by atoms with van der Waals surface area (Å²) in [5.41, 5.74) is 5.06. The second-order valence-corrected chi connectivity index (χ2v) is 5.78. The molecule has 1 rings (SSSR count). The largest absolute Gasteiger partial charge is 0.396 e. The second-order valence-electron chi connectivity index (χ2n) is 3.63. The zero-order chi connectivity index (χ0) is 13.8. The molecule has 0 aliphatic carbocycles. The van der Waals surface area contributed by atoms with Gasteiger partial charge in [-0.3, -0.25) is 0 Å². The van der Waals surface area contributed by atoms with Gasteiger partial charge in [-0.25, -0.2) is 17.5 Å². The summed E-state index contributed by atoms with van der Waals surface area (Å²) in [6, 6.07) is 1.89. The SMILES string of the molecule is C=CCCCNS(=O)(=O)c1cc(N)c(F)cc1Cl. The van der Waals surface area contributed by atoms with Crippen LogP contribution in [0.15, 0.2) is 29.7 Å². The van der Waals surface area contributed by atoms with E-state index in [1.165, 1.54) is 0 Å². The lowest BCUT2D eigenvalue weighted by molar-refractivity contribution is 0.579. The maximum absolute atomic E-state index is 13.1. The Hall–Kier alpha value is -1.11. The van der Waals surface area contributed by atoms with Gasteiger partial charge < -0.3 is 5.73 Å². The zero-order valence-corrected chi connectivity index (χ0v) is 11.2. The van der Waals surface area contributed by atoms with Crippen LogP contribution in [0.4, 0.5) is 10.1 Å². The van der Waals surface area contributed by atoms with Gasteiger partial charge in [0.25, 0.3) is 0 Å². The first-order valence-corrected chi connectivity index (χ1v) is 7.09. The van der Waals surface area contributed by atoms with Crippen molar-refractivity contribution in [3.63, 3.8) is 0 Å². The summed E-state index contributed by atoms with van der Waals surface area (Å²) in [4.78, 5) is -0.221. The molecule has 0 aromatic heterocycles. The van der Waals surface area contributed by atoms with Gasteiger partial charge in [-0.2, -0.15) is 0 Å². The molecule has 4 nitrogen and oxygen atoms in total. The van der Waals surface area contributed by atoms with Crippen LogP contribution < -0.4 is 10.5 Å². The Morgan fingerprint density at radius 1 is 1.50 bits per heavy atom. The van der Waals surface area contributed by atoms with Gasteiger partial charge in [0.2, 0.25) is 10.0 Å². The zero-order valence-electron chi connectivity index (χ0n) is 9.62. The monoisotopic (exact) mass is 292 g/mol. The molecule has 0 saturated heterocycles. The van der Waals surface area contributed by atoms with Gasteiger partial charge in [0.15, 0.2) is 0 Å². The molecule has 1 aromatic rings. The first-order chi connectivity index (χ1) is 8.38. The molecular weight excluding hydrogens is 279 g/mol. The predicted molar refractivity (Wildman–Crippen MR) is 70.4 cm³/mol. The van der Waals surface area contributed by atoms with E-state index in [0.717, 1.165) is 12.1 Å². The molecule has 7 heteroatoms. The van der Waals surface area contributed by atoms with Crippen molar-refractivity contribution < 1.29 is 12.8 Å². The number of nitrogens with two attached hydrogens (primary N) is 1. The molecule has 0 fully saturated rings. The van der Waals surface area contributed by atoms with Crippen molar-refractivity contribution in [2.24, 2.45) is 0 Å². The first kappa shape index (κ1) is 14.9. The van der Waals surface area contributed by atoms with Crippen LogP contribution in [0.5, 0.6) is 0 Å². The molecule has 0 aliphatic heterocycles. The number of anilines is 1. The highest BCUT2D eigenvalue weighted by Gasteiger charge is 2.19. The molecule has 0 aliphatic rings. The lowest BCUT2D eigenvalue weighted by atomic mass is 10.3. The minimum atomic E-state index is -3.77. The van der Waals surface area contributed by atoms with Gasteiger partial charge >= 0.3 is 0 Å². The average molecular weight is 293 g/mol. The van der Waals surface area contributed by atoms with Crippen LogP contribution in [-0.4, -0.2) is 15.0 Å². The van der Waals surface area contributed by atoms with E-state index in [-0.39, 0.29) is 22.2 Å². The van der Waals surface area contributed by atoms with Gasteiger partial charge in [-0.1, -0.05) is 17.7 Å². The number of rotatable bonds is 6. The minimum Gasteiger partial charge on any atom is -0.396 e. The number of unbranched alkanes of at least 4 members (excludes halogenated alkanes) is 1. The van der Waals surface area contributed by atoms with Crippen LogP contribution in [0, 0.1) is 5.82 Å². The second kappa shape index (κ2) is 6.17. The Balaban J connectivity index is 2.91. The van der Waals surface area contributed by atoms with Crippen LogP contribution >= 0.6 is 11.6 Å². The van der Waals surface area contributed by atoms with Crippen molar-refractivity contribution in [3.8, 4) is 0 Å². The Kier molecular flexibility index (Phi) is 5.13. The lowest BCUT2D eigenvalue weighted by Gasteiger charge is -2.09. The summed E-state index contributed by atoms with van der Waals surface area (Å²) in [5, 5.41) is -0.196. The smallest absolute Gasteiger partial charge is 0.242 e. The number of nitrogens with one attached hydrogen (secondary N) is 1. The van der Waals surface area contributed by atoms with E-state index in [0.29, 0.717) is 12.8 Å². The van der Waals surface area contributed by atoms with Crippen LogP contribution in [0.25, 0.3) is 0 Å². The highest BCUT2D eigenvalue weighted by molar-refractivity contribution is 7.89. The van der Waals surface area contributed by atoms with Gasteiger partial charge in [-0.05, 0) is 25.0 Å². The number of nitrogen functional groups attached to an aromatic ring is 1. The number of sulfonamides is 1. The van der Waals surface area contributed by atoms with Gasteiger partial charge in [0.05, 0.1) is 10.7 Å². The van der Waals surface area contributed by atoms with E-state index in [1.807, 2.05) is 0 Å². The molecule has 0 saturated carbocycles. The summed E-state index contributed by atoms with van der Waals surface area (Å²) in [6.07, 6.45) is 3.01. The number of benzene rings is 1. The molecule has 18 heavy (non-hydrogen) atoms. The predicted octanol–water partition coefficient (Wildman–Crippen LogP) is 2.31. The van der Waals surface area contributed by atoms with Crippen molar-refractivity contribution in [2.45, 2.75) is 17.7 Å². The van der Waals surface area contributed by atoms with Crippen LogP contribution in [-0.2, 0) is 10.0 Å². The minimum absolute atomic E-state index is 0.196. The number of hydrogen-bond acceptors (Lipinski definition) is 3. The van der Waals surface area contributed by atoms with Crippen molar-refractivity contribution in [2.75, 3.05) is 12.3 Å². The van der Waals surface area contributed by atoms with E-state index >= 15 is 0 Å². The lowest BCUT2D eigenvalue weighted by Crippen LogP contribution is -2.25. The van der Waals surface area contributed by atoms with Crippen molar-refractivity contribution in [3.05, 3.63) is 35.6 Å². The fourth-order valence-corrected chi connectivity index (χ4v) is 2.90. The number of hydrogen-bond donors (Lipinski definition) is 2. The van der Waals surface area contributed by atoms with E-state index in [2.05, 4.69) is 11.3 Å². The van der Waals surface area contributed by atoms with Crippen molar-refractivity contribution in [1.29, 1.82) is 0 Å². The van der Waals surface area contributed by atoms with E-state index < -0.39 is 15.8 Å². The van der Waals surface area contributed by atoms with Crippen LogP contribution in [0.2, 0.25) is 5.02 Å². The normalized spacial score (nSPS) is 11.4. The molecule has 3 N–H and O–H groups in total. The fraction of sp³-hybridized carbons (Fsp3) is 0.273. The standard InChI is InChI=1S/C11H14ClFN2O2S/c1-2-3-4-5-15-18(16,17)11-7-10(14)9(13)6-8(11)12/h2,6-7,15H,1,3-5,14H2. The van der Waals surface area contributed by atoms with E-state index in [4.69, 9.17) is 17.3 Å². The van der Waals surface area contributed by atoms with E-state index in [1.54, 1.807) is 6.08 Å². The average Bonchev–Trinajstić information content (AvgIpc) is 2.29. The molecule has 1 aromatic carbocycles. The molecular formula is C11H14ClFN2O2S. The van der Waals surface area contributed by atoms with Gasteiger partial charge in [0, 0.05) is 6.54 Å². The fourth-order valence-electron chi connectivity index (χ4n) is 1.28. The summed E-state index contributed by atoms with van der Waals surface area (Å²) < 4.78 is 39.2. The molecule has 0 heterocycles. The first-order valence-electron chi connectivity index (χ1n) is 5.23. The van der Waals surface area contributed by atoms with Crippen LogP contribution in [0.3, 0.4) is 0 Å². The third-order valence-corrected chi connectivity index (χ3v) is 4.14. The Morgan fingerprint density at radius 3 is 2.78 bits per heavy atom. The molecule has 0 amide bonds. The highest BCUT2D eigenvalue weighted by Crippen LogP contribution is 2.26. The maximum atomic E-state index is 13.1. The number of allylic oxidation sites excluding steroid dienone is 1. The third-order valence-electron chi connectivity index (χ3n) is 2.22. The van der Waals surface area contributed by atoms with E-state index in [9.17, 15) is 12.8 Å². The summed E-state index contributed by atoms with van der Waals surface area (Å²) in [5.74, 6) is -0.745. The summed E-state index contributed by atoms with van der Waals surface area (Å²) in [6.45, 7) is 3.78. The van der Waals surface area contributed by atoms with Gasteiger partial charge in [0.1, 0.15) is 10.7 Å². The Morgan fingerprint density at radius 2 is 2.17 bits per heavy atom. The molecule has 100 valence electrons. The third kappa shape index (κ3) is 3.69. The van der Waals surface area contributed by atoms with Crippen molar-refractivity contribution in [1.82, 2.24) is 4.72 Å². The molecule has 0 spiro atoms. The van der Waals surface area contributed by atoms with Crippen molar-refractivity contribution >= 4 is 27.3 Å².